The Morgan fingerprint density at radius 3 is 2.48 bits per heavy atom. The summed E-state index contributed by atoms with van der Waals surface area (Å²) in [5, 5.41) is 0.287. The number of para-hydroxylation sites is 1. The second-order valence-electron chi connectivity index (χ2n) is 6.68. The molecule has 0 saturated heterocycles. The van der Waals surface area contributed by atoms with Crippen molar-refractivity contribution in [3.8, 4) is 17.4 Å². The van der Waals surface area contributed by atoms with Crippen LogP contribution in [0.5, 0.6) is 17.4 Å². The number of aromatic nitrogens is 1. The largest absolute Gasteiger partial charge is 0.496 e. The molecule has 0 aliphatic heterocycles. The predicted molar refractivity (Wildman–Crippen MR) is 115 cm³/mol. The Hall–Kier alpha value is -3.05. The van der Waals surface area contributed by atoms with E-state index in [0.717, 1.165) is 16.7 Å². The van der Waals surface area contributed by atoms with Gasteiger partial charge in [-0.25, -0.2) is 0 Å². The predicted octanol–water partition coefficient (Wildman–Crippen LogP) is 5.71. The number of benzene rings is 2. The van der Waals surface area contributed by atoms with Crippen molar-refractivity contribution in [2.45, 2.75) is 27.3 Å². The summed E-state index contributed by atoms with van der Waals surface area (Å²) in [5.74, 6) is 1.50. The number of hydrogen-bond acceptors (Lipinski definition) is 4. The lowest BCUT2D eigenvalue weighted by molar-refractivity contribution is -0.116. The molecule has 150 valence electrons. The summed E-state index contributed by atoms with van der Waals surface area (Å²) in [6.45, 7) is 5.81. The van der Waals surface area contributed by atoms with Crippen molar-refractivity contribution < 1.29 is 14.3 Å². The standard InChI is InChI=1S/C23H23ClN2O3/c1-15-8-7-11-20(16(15)2)29-23-19(12-13-22(24)25-23)26(17(3)27)14-18-9-5-6-10-21(18)28-4/h5-13H,14H2,1-4H3. The van der Waals surface area contributed by atoms with Gasteiger partial charge in [-0.15, -0.1) is 0 Å². The Labute approximate surface area is 175 Å². The van der Waals surface area contributed by atoms with Crippen molar-refractivity contribution in [1.29, 1.82) is 0 Å². The first-order valence-electron chi connectivity index (χ1n) is 9.21. The number of pyridine rings is 1. The molecule has 5 nitrogen and oxygen atoms in total. The number of anilines is 1. The van der Waals surface area contributed by atoms with E-state index in [9.17, 15) is 4.79 Å². The van der Waals surface area contributed by atoms with E-state index in [1.807, 2.05) is 56.3 Å². The smallest absolute Gasteiger partial charge is 0.245 e. The minimum absolute atomic E-state index is 0.147. The minimum Gasteiger partial charge on any atom is -0.496 e. The molecule has 29 heavy (non-hydrogen) atoms. The lowest BCUT2D eigenvalue weighted by atomic mass is 10.1. The van der Waals surface area contributed by atoms with Crippen molar-refractivity contribution in [2.75, 3.05) is 12.0 Å². The van der Waals surface area contributed by atoms with Gasteiger partial charge in [-0.05, 0) is 49.2 Å². The van der Waals surface area contributed by atoms with Crippen molar-refractivity contribution >= 4 is 23.2 Å². The van der Waals surface area contributed by atoms with Gasteiger partial charge in [0.15, 0.2) is 0 Å². The van der Waals surface area contributed by atoms with Crippen LogP contribution in [-0.4, -0.2) is 18.0 Å². The third-order valence-corrected chi connectivity index (χ3v) is 4.97. The zero-order chi connectivity index (χ0) is 21.0. The van der Waals surface area contributed by atoms with Gasteiger partial charge >= 0.3 is 0 Å². The zero-order valence-electron chi connectivity index (χ0n) is 16.9. The molecule has 1 amide bonds. The van der Waals surface area contributed by atoms with Crippen molar-refractivity contribution in [3.05, 3.63) is 76.4 Å². The van der Waals surface area contributed by atoms with Crippen LogP contribution >= 0.6 is 11.6 Å². The SMILES string of the molecule is COc1ccccc1CN(C(C)=O)c1ccc(Cl)nc1Oc1cccc(C)c1C. The third kappa shape index (κ3) is 4.69. The molecule has 6 heteroatoms. The zero-order valence-corrected chi connectivity index (χ0v) is 17.7. The molecule has 0 radical (unpaired) electrons. The molecule has 0 spiro atoms. The quantitative estimate of drug-likeness (QED) is 0.488. The fraction of sp³-hybridized carbons (Fsp3) is 0.217. The average molecular weight is 411 g/mol. The number of carbonyl (C=O) groups excluding carboxylic acids is 1. The summed E-state index contributed by atoms with van der Waals surface area (Å²) in [7, 11) is 1.61. The van der Waals surface area contributed by atoms with Gasteiger partial charge in [-0.1, -0.05) is 41.9 Å². The van der Waals surface area contributed by atoms with E-state index in [0.29, 0.717) is 23.7 Å². The van der Waals surface area contributed by atoms with Gasteiger partial charge in [0.05, 0.1) is 13.7 Å². The Balaban J connectivity index is 2.03. The van der Waals surface area contributed by atoms with Crippen LogP contribution in [0.15, 0.2) is 54.6 Å². The van der Waals surface area contributed by atoms with Gasteiger partial charge < -0.3 is 14.4 Å². The fourth-order valence-electron chi connectivity index (χ4n) is 3.00. The Morgan fingerprint density at radius 2 is 1.76 bits per heavy atom. The lowest BCUT2D eigenvalue weighted by Gasteiger charge is -2.24. The van der Waals surface area contributed by atoms with E-state index >= 15 is 0 Å². The normalized spacial score (nSPS) is 10.5. The molecular weight excluding hydrogens is 388 g/mol. The monoisotopic (exact) mass is 410 g/mol. The van der Waals surface area contributed by atoms with Crippen molar-refractivity contribution in [3.63, 3.8) is 0 Å². The molecule has 0 saturated carbocycles. The van der Waals surface area contributed by atoms with Gasteiger partial charge in [0.2, 0.25) is 11.8 Å². The number of methoxy groups -OCH3 is 1. The summed E-state index contributed by atoms with van der Waals surface area (Å²) >= 11 is 6.13. The second-order valence-corrected chi connectivity index (χ2v) is 7.06. The number of nitrogens with zero attached hydrogens (tertiary/aromatic N) is 2. The van der Waals surface area contributed by atoms with Crippen LogP contribution in [0.25, 0.3) is 0 Å². The van der Waals surface area contributed by atoms with E-state index in [1.165, 1.54) is 6.92 Å². The molecule has 1 aromatic heterocycles. The van der Waals surface area contributed by atoms with Gasteiger partial charge in [0.1, 0.15) is 22.3 Å². The van der Waals surface area contributed by atoms with E-state index in [4.69, 9.17) is 21.1 Å². The fourth-order valence-corrected chi connectivity index (χ4v) is 3.14. The van der Waals surface area contributed by atoms with E-state index in [2.05, 4.69) is 4.98 Å². The Morgan fingerprint density at radius 1 is 1.03 bits per heavy atom. The molecule has 2 aromatic carbocycles. The molecule has 0 aliphatic carbocycles. The molecule has 3 rings (SSSR count). The van der Waals surface area contributed by atoms with E-state index < -0.39 is 0 Å². The highest BCUT2D eigenvalue weighted by Crippen LogP contribution is 2.35. The number of ether oxygens (including phenoxy) is 2. The topological polar surface area (TPSA) is 51.7 Å². The first-order chi connectivity index (χ1) is 13.9. The molecule has 3 aromatic rings. The molecule has 1 heterocycles. The molecule has 0 bridgehead atoms. The number of hydrogen-bond donors (Lipinski definition) is 0. The first-order valence-corrected chi connectivity index (χ1v) is 9.59. The number of halogens is 1. The summed E-state index contributed by atoms with van der Waals surface area (Å²) in [6.07, 6.45) is 0. The van der Waals surface area contributed by atoms with Crippen LogP contribution in [0.2, 0.25) is 5.15 Å². The lowest BCUT2D eigenvalue weighted by Crippen LogP contribution is -2.28. The first kappa shape index (κ1) is 20.7. The molecular formula is C23H23ClN2O3. The highest BCUT2D eigenvalue weighted by Gasteiger charge is 2.21. The summed E-state index contributed by atoms with van der Waals surface area (Å²) in [6, 6.07) is 16.8. The van der Waals surface area contributed by atoms with Gasteiger partial charge in [-0.2, -0.15) is 4.98 Å². The number of amides is 1. The highest BCUT2D eigenvalue weighted by atomic mass is 35.5. The number of rotatable bonds is 6. The van der Waals surface area contributed by atoms with Gasteiger partial charge in [0.25, 0.3) is 0 Å². The molecule has 0 unspecified atom stereocenters. The molecule has 0 fully saturated rings. The molecule has 0 aliphatic rings. The summed E-state index contributed by atoms with van der Waals surface area (Å²) in [5.41, 5.74) is 3.51. The second kappa shape index (κ2) is 8.97. The molecule has 0 atom stereocenters. The number of aryl methyl sites for hydroxylation is 1. The maximum Gasteiger partial charge on any atom is 0.245 e. The number of carbonyl (C=O) groups is 1. The molecule has 0 N–H and O–H groups in total. The van der Waals surface area contributed by atoms with E-state index in [1.54, 1.807) is 24.1 Å². The highest BCUT2D eigenvalue weighted by molar-refractivity contribution is 6.29. The van der Waals surface area contributed by atoms with Crippen molar-refractivity contribution in [2.24, 2.45) is 0 Å². The van der Waals surface area contributed by atoms with Gasteiger partial charge in [-0.3, -0.25) is 4.79 Å². The van der Waals surface area contributed by atoms with Gasteiger partial charge in [0, 0.05) is 12.5 Å². The Kier molecular flexibility index (Phi) is 6.39. The maximum absolute atomic E-state index is 12.5. The Bertz CT molecular complexity index is 1040. The van der Waals surface area contributed by atoms with Crippen LogP contribution in [0.1, 0.15) is 23.6 Å². The van der Waals surface area contributed by atoms with Crippen LogP contribution in [-0.2, 0) is 11.3 Å². The third-order valence-electron chi connectivity index (χ3n) is 4.76. The van der Waals surface area contributed by atoms with Crippen LogP contribution in [0.3, 0.4) is 0 Å². The van der Waals surface area contributed by atoms with Crippen molar-refractivity contribution in [1.82, 2.24) is 4.98 Å². The van der Waals surface area contributed by atoms with Crippen LogP contribution < -0.4 is 14.4 Å². The van der Waals surface area contributed by atoms with Crippen LogP contribution in [0.4, 0.5) is 5.69 Å². The maximum atomic E-state index is 12.5. The van der Waals surface area contributed by atoms with E-state index in [-0.39, 0.29) is 16.9 Å². The average Bonchev–Trinajstić information content (AvgIpc) is 2.70. The minimum atomic E-state index is -0.147. The summed E-state index contributed by atoms with van der Waals surface area (Å²) in [4.78, 5) is 18.5. The summed E-state index contributed by atoms with van der Waals surface area (Å²) < 4.78 is 11.5. The van der Waals surface area contributed by atoms with Crippen LogP contribution in [0, 0.1) is 13.8 Å².